The van der Waals surface area contributed by atoms with Gasteiger partial charge in [-0.2, -0.15) is 21.6 Å². The van der Waals surface area contributed by atoms with Crippen molar-refractivity contribution in [1.82, 2.24) is 4.98 Å². The zero-order chi connectivity index (χ0) is 20.3. The molecular formula is C18H13F4NO3S2. The Labute approximate surface area is 161 Å². The number of aromatic nitrogens is 1. The van der Waals surface area contributed by atoms with Gasteiger partial charge in [-0.15, -0.1) is 11.3 Å². The smallest absolute Gasteiger partial charge is 0.375 e. The molecule has 0 atom stereocenters. The van der Waals surface area contributed by atoms with Crippen LogP contribution in [0.1, 0.15) is 29.3 Å². The van der Waals surface area contributed by atoms with Gasteiger partial charge in [-0.1, -0.05) is 12.1 Å². The molecule has 10 heteroatoms. The fourth-order valence-electron chi connectivity index (χ4n) is 3.00. The molecule has 1 fully saturated rings. The van der Waals surface area contributed by atoms with E-state index in [1.807, 2.05) is 0 Å². The molecule has 0 spiro atoms. The molecule has 0 unspecified atom stereocenters. The minimum Gasteiger partial charge on any atom is -0.375 e. The Morgan fingerprint density at radius 2 is 1.82 bits per heavy atom. The van der Waals surface area contributed by atoms with E-state index in [2.05, 4.69) is 9.17 Å². The lowest BCUT2D eigenvalue weighted by Crippen LogP contribution is -2.28. The molecular weight excluding hydrogens is 418 g/mol. The topological polar surface area (TPSA) is 56.3 Å². The number of alkyl halides is 3. The number of rotatable bonds is 4. The molecule has 3 aromatic rings. The minimum absolute atomic E-state index is 0.107. The van der Waals surface area contributed by atoms with Gasteiger partial charge < -0.3 is 4.18 Å². The summed E-state index contributed by atoms with van der Waals surface area (Å²) >= 11 is 1.21. The standard InChI is InChI=1S/C18H13F4NO3S2/c1-9-23-14-8-13(10-2-3-10)16(26-28(24,25)18(20,21)22)15(17(14)27-9)11-4-6-12(19)7-5-11/h4-8,10H,2-3H2,1H3. The zero-order valence-corrected chi connectivity index (χ0v) is 16.0. The van der Waals surface area contributed by atoms with Crippen LogP contribution >= 0.6 is 11.3 Å². The van der Waals surface area contributed by atoms with Crippen LogP contribution in [0.15, 0.2) is 30.3 Å². The quantitative estimate of drug-likeness (QED) is 0.310. The van der Waals surface area contributed by atoms with Gasteiger partial charge in [-0.05, 0) is 49.4 Å². The highest BCUT2D eigenvalue weighted by atomic mass is 32.2. The molecule has 0 aliphatic heterocycles. The Morgan fingerprint density at radius 3 is 2.39 bits per heavy atom. The first-order valence-electron chi connectivity index (χ1n) is 8.27. The maximum Gasteiger partial charge on any atom is 0.534 e. The normalized spacial score (nSPS) is 15.2. The van der Waals surface area contributed by atoms with Crippen molar-refractivity contribution in [1.29, 1.82) is 0 Å². The summed E-state index contributed by atoms with van der Waals surface area (Å²) in [6.45, 7) is 1.74. The lowest BCUT2D eigenvalue weighted by atomic mass is 9.98. The van der Waals surface area contributed by atoms with Crippen LogP contribution in [0.5, 0.6) is 5.75 Å². The third-order valence-corrected chi connectivity index (χ3v) is 6.35. The van der Waals surface area contributed by atoms with Gasteiger partial charge in [0.05, 0.1) is 15.2 Å². The maximum absolute atomic E-state index is 13.4. The molecule has 148 valence electrons. The Morgan fingerprint density at radius 1 is 1.18 bits per heavy atom. The molecule has 0 saturated heterocycles. The van der Waals surface area contributed by atoms with Crippen LogP contribution in [0, 0.1) is 12.7 Å². The molecule has 4 rings (SSSR count). The van der Waals surface area contributed by atoms with Crippen molar-refractivity contribution in [2.45, 2.75) is 31.2 Å². The minimum atomic E-state index is -5.87. The average Bonchev–Trinajstić information content (AvgIpc) is 3.36. The molecule has 1 heterocycles. The van der Waals surface area contributed by atoms with E-state index in [9.17, 15) is 26.0 Å². The van der Waals surface area contributed by atoms with Gasteiger partial charge in [0, 0.05) is 11.1 Å². The number of halogens is 4. The van der Waals surface area contributed by atoms with Crippen LogP contribution in [0.2, 0.25) is 0 Å². The van der Waals surface area contributed by atoms with Gasteiger partial charge in [0.25, 0.3) is 0 Å². The van der Waals surface area contributed by atoms with Gasteiger partial charge in [0.1, 0.15) is 5.82 Å². The van der Waals surface area contributed by atoms with Gasteiger partial charge in [-0.3, -0.25) is 0 Å². The average molecular weight is 431 g/mol. The van der Waals surface area contributed by atoms with Crippen LogP contribution < -0.4 is 4.18 Å². The SMILES string of the molecule is Cc1nc2cc(C3CC3)c(OS(=O)(=O)C(F)(F)F)c(-c3ccc(F)cc3)c2s1. The van der Waals surface area contributed by atoms with Crippen molar-refractivity contribution in [3.63, 3.8) is 0 Å². The summed E-state index contributed by atoms with van der Waals surface area (Å²) < 4.78 is 81.1. The van der Waals surface area contributed by atoms with Crippen molar-refractivity contribution < 1.29 is 30.2 Å². The van der Waals surface area contributed by atoms with E-state index >= 15 is 0 Å². The van der Waals surface area contributed by atoms with Crippen molar-refractivity contribution in [3.05, 3.63) is 46.7 Å². The van der Waals surface area contributed by atoms with E-state index in [-0.39, 0.29) is 17.2 Å². The Hall–Kier alpha value is -2.20. The molecule has 1 saturated carbocycles. The molecule has 0 bridgehead atoms. The Balaban J connectivity index is 2.04. The van der Waals surface area contributed by atoms with E-state index in [0.29, 0.717) is 39.2 Å². The molecule has 28 heavy (non-hydrogen) atoms. The van der Waals surface area contributed by atoms with Gasteiger partial charge in [0.2, 0.25) is 0 Å². The van der Waals surface area contributed by atoms with Crippen molar-refractivity contribution in [2.24, 2.45) is 0 Å². The van der Waals surface area contributed by atoms with E-state index in [1.165, 1.54) is 23.5 Å². The Kier molecular flexibility index (Phi) is 4.38. The molecule has 2 aromatic carbocycles. The molecule has 4 nitrogen and oxygen atoms in total. The lowest BCUT2D eigenvalue weighted by Gasteiger charge is -2.17. The first kappa shape index (κ1) is 19.1. The Bertz CT molecular complexity index is 1160. The fraction of sp³-hybridized carbons (Fsp3) is 0.278. The number of hydrogen-bond donors (Lipinski definition) is 0. The molecule has 0 radical (unpaired) electrons. The summed E-state index contributed by atoms with van der Waals surface area (Å²) in [5, 5.41) is 0.663. The summed E-state index contributed by atoms with van der Waals surface area (Å²) in [6.07, 6.45) is 1.42. The first-order valence-corrected chi connectivity index (χ1v) is 10.5. The number of aryl methyl sites for hydroxylation is 1. The largest absolute Gasteiger partial charge is 0.534 e. The van der Waals surface area contributed by atoms with E-state index in [1.54, 1.807) is 13.0 Å². The van der Waals surface area contributed by atoms with Crippen molar-refractivity contribution in [2.75, 3.05) is 0 Å². The number of hydrogen-bond acceptors (Lipinski definition) is 5. The highest BCUT2D eigenvalue weighted by Crippen LogP contribution is 2.52. The summed E-state index contributed by atoms with van der Waals surface area (Å²) in [4.78, 5) is 4.39. The van der Waals surface area contributed by atoms with E-state index < -0.39 is 21.4 Å². The second-order valence-electron chi connectivity index (χ2n) is 6.52. The molecule has 1 aliphatic rings. The third-order valence-electron chi connectivity index (χ3n) is 4.40. The van der Waals surface area contributed by atoms with Crippen molar-refractivity contribution >= 4 is 31.7 Å². The van der Waals surface area contributed by atoms with Crippen LogP contribution in [-0.4, -0.2) is 18.9 Å². The van der Waals surface area contributed by atoms with Crippen LogP contribution in [0.3, 0.4) is 0 Å². The number of benzene rings is 2. The van der Waals surface area contributed by atoms with Gasteiger partial charge in [0.15, 0.2) is 5.75 Å². The predicted molar refractivity (Wildman–Crippen MR) is 97.3 cm³/mol. The molecule has 1 aromatic heterocycles. The monoisotopic (exact) mass is 431 g/mol. The molecule has 0 N–H and O–H groups in total. The van der Waals surface area contributed by atoms with Crippen LogP contribution in [0.25, 0.3) is 21.3 Å². The first-order chi connectivity index (χ1) is 13.1. The summed E-state index contributed by atoms with van der Waals surface area (Å²) in [5.41, 5.74) is -4.12. The second kappa shape index (κ2) is 6.41. The summed E-state index contributed by atoms with van der Waals surface area (Å²) in [7, 11) is -5.87. The summed E-state index contributed by atoms with van der Waals surface area (Å²) in [5.74, 6) is -0.990. The highest BCUT2D eigenvalue weighted by molar-refractivity contribution is 7.88. The molecule has 1 aliphatic carbocycles. The second-order valence-corrected chi connectivity index (χ2v) is 9.26. The number of fused-ring (bicyclic) bond motifs is 1. The van der Waals surface area contributed by atoms with Gasteiger partial charge >= 0.3 is 15.6 Å². The predicted octanol–water partition coefficient (Wildman–Crippen LogP) is 5.52. The number of thiazole rings is 1. The highest BCUT2D eigenvalue weighted by Gasteiger charge is 2.49. The number of nitrogens with zero attached hydrogens (tertiary/aromatic N) is 1. The van der Waals surface area contributed by atoms with Crippen LogP contribution in [0.4, 0.5) is 17.6 Å². The van der Waals surface area contributed by atoms with E-state index in [4.69, 9.17) is 0 Å². The maximum atomic E-state index is 13.4. The molecule has 0 amide bonds. The van der Waals surface area contributed by atoms with Gasteiger partial charge in [-0.25, -0.2) is 9.37 Å². The zero-order valence-electron chi connectivity index (χ0n) is 14.4. The fourth-order valence-corrected chi connectivity index (χ4v) is 4.46. The van der Waals surface area contributed by atoms with Crippen molar-refractivity contribution in [3.8, 4) is 16.9 Å². The lowest BCUT2D eigenvalue weighted by molar-refractivity contribution is -0.0500. The third kappa shape index (κ3) is 3.35. The van der Waals surface area contributed by atoms with Crippen LogP contribution in [-0.2, 0) is 10.1 Å². The van der Waals surface area contributed by atoms with E-state index in [0.717, 1.165) is 12.1 Å². The summed E-state index contributed by atoms with van der Waals surface area (Å²) in [6, 6.07) is 6.65.